The van der Waals surface area contributed by atoms with Crippen LogP contribution in [0.1, 0.15) is 54.4 Å². The fourth-order valence-electron chi connectivity index (χ4n) is 2.94. The van der Waals surface area contributed by atoms with Crippen molar-refractivity contribution in [3.8, 4) is 0 Å². The zero-order valence-corrected chi connectivity index (χ0v) is 21.2. The largest absolute Gasteiger partial charge is 0.459 e. The zero-order valence-electron chi connectivity index (χ0n) is 21.2. The Labute approximate surface area is 202 Å². The van der Waals surface area contributed by atoms with Crippen LogP contribution >= 0.6 is 0 Å². The number of carbonyl (C=O) groups is 4. The quantitative estimate of drug-likeness (QED) is 0.205. The minimum atomic E-state index is -0.590. The summed E-state index contributed by atoms with van der Waals surface area (Å²) in [4.78, 5) is 46.2. The number of ether oxygens (including phenoxy) is 4. The molecule has 0 aliphatic carbocycles. The topological polar surface area (TPSA) is 129 Å². The van der Waals surface area contributed by atoms with Gasteiger partial charge in [0.2, 0.25) is 0 Å². The van der Waals surface area contributed by atoms with Crippen molar-refractivity contribution in [3.63, 3.8) is 0 Å². The SMILES string of the molecule is C=CC(=O)OCC(C)OC(=O)NCCC(C)CC(C)(C)CNC(=O)OC(C)COC(=O)C(=C)C. The van der Waals surface area contributed by atoms with Gasteiger partial charge in [-0.15, -0.1) is 0 Å². The Balaban J connectivity index is 4.16. The number of alkyl carbamates (subject to hydrolysis) is 2. The van der Waals surface area contributed by atoms with Crippen LogP contribution in [0, 0.1) is 11.3 Å². The summed E-state index contributed by atoms with van der Waals surface area (Å²) in [5.41, 5.74) is 0.0683. The average molecular weight is 485 g/mol. The van der Waals surface area contributed by atoms with Gasteiger partial charge in [0.05, 0.1) is 0 Å². The first-order valence-electron chi connectivity index (χ1n) is 11.3. The molecule has 0 aromatic heterocycles. The maximum atomic E-state index is 12.0. The van der Waals surface area contributed by atoms with Gasteiger partial charge in [-0.2, -0.15) is 0 Å². The molecule has 0 bridgehead atoms. The van der Waals surface area contributed by atoms with Crippen molar-refractivity contribution in [3.05, 3.63) is 24.8 Å². The molecule has 0 saturated carbocycles. The lowest BCUT2D eigenvalue weighted by Gasteiger charge is -2.28. The van der Waals surface area contributed by atoms with E-state index in [9.17, 15) is 19.2 Å². The molecule has 0 aliphatic heterocycles. The van der Waals surface area contributed by atoms with Crippen molar-refractivity contribution in [2.24, 2.45) is 11.3 Å². The molecule has 0 radical (unpaired) electrons. The van der Waals surface area contributed by atoms with Crippen molar-refractivity contribution in [2.45, 2.75) is 66.6 Å². The first-order valence-corrected chi connectivity index (χ1v) is 11.3. The van der Waals surface area contributed by atoms with E-state index >= 15 is 0 Å². The highest BCUT2D eigenvalue weighted by molar-refractivity contribution is 5.86. The van der Waals surface area contributed by atoms with Crippen LogP contribution in [0.15, 0.2) is 24.8 Å². The van der Waals surface area contributed by atoms with Crippen LogP contribution in [0.4, 0.5) is 9.59 Å². The van der Waals surface area contributed by atoms with E-state index in [1.807, 2.05) is 13.8 Å². The van der Waals surface area contributed by atoms with Crippen LogP contribution in [-0.4, -0.2) is 62.6 Å². The van der Waals surface area contributed by atoms with Gasteiger partial charge in [0.15, 0.2) is 0 Å². The first-order chi connectivity index (χ1) is 15.8. The van der Waals surface area contributed by atoms with E-state index in [1.165, 1.54) is 6.92 Å². The molecule has 0 saturated heterocycles. The average Bonchev–Trinajstić information content (AvgIpc) is 2.73. The maximum absolute atomic E-state index is 12.0. The summed E-state index contributed by atoms with van der Waals surface area (Å²) in [7, 11) is 0. The van der Waals surface area contributed by atoms with Crippen LogP contribution in [-0.2, 0) is 28.5 Å². The van der Waals surface area contributed by atoms with Crippen LogP contribution in [0.25, 0.3) is 0 Å². The number of hydrogen-bond acceptors (Lipinski definition) is 8. The van der Waals surface area contributed by atoms with Crippen LogP contribution in [0.5, 0.6) is 0 Å². The first kappa shape index (κ1) is 31.0. The Hall–Kier alpha value is -3.04. The number of carbonyl (C=O) groups excluding carboxylic acids is 4. The van der Waals surface area contributed by atoms with Gasteiger partial charge in [0.25, 0.3) is 0 Å². The molecule has 10 heteroatoms. The van der Waals surface area contributed by atoms with E-state index < -0.39 is 36.3 Å². The predicted octanol–water partition coefficient (Wildman–Crippen LogP) is 3.51. The summed E-state index contributed by atoms with van der Waals surface area (Å²) in [5, 5.41) is 5.42. The molecule has 34 heavy (non-hydrogen) atoms. The van der Waals surface area contributed by atoms with Crippen molar-refractivity contribution in [1.82, 2.24) is 10.6 Å². The monoisotopic (exact) mass is 484 g/mol. The highest BCUT2D eigenvalue weighted by Gasteiger charge is 2.23. The smallest absolute Gasteiger partial charge is 0.407 e. The van der Waals surface area contributed by atoms with Crippen molar-refractivity contribution in [2.75, 3.05) is 26.3 Å². The Bertz CT molecular complexity index is 720. The molecule has 0 rings (SSSR count). The molecule has 0 aliphatic rings. The predicted molar refractivity (Wildman–Crippen MR) is 127 cm³/mol. The lowest BCUT2D eigenvalue weighted by Crippen LogP contribution is -2.37. The third kappa shape index (κ3) is 15.7. The van der Waals surface area contributed by atoms with Crippen molar-refractivity contribution < 1.29 is 38.1 Å². The Morgan fingerprint density at radius 1 is 0.941 bits per heavy atom. The summed E-state index contributed by atoms with van der Waals surface area (Å²) < 4.78 is 20.1. The van der Waals surface area contributed by atoms with E-state index in [4.69, 9.17) is 18.9 Å². The second kappa shape index (κ2) is 15.7. The van der Waals surface area contributed by atoms with Crippen LogP contribution < -0.4 is 10.6 Å². The number of nitrogens with one attached hydrogen (secondary N) is 2. The third-order valence-corrected chi connectivity index (χ3v) is 4.56. The highest BCUT2D eigenvalue weighted by Crippen LogP contribution is 2.26. The second-order valence-corrected chi connectivity index (χ2v) is 9.19. The van der Waals surface area contributed by atoms with Gasteiger partial charge >= 0.3 is 24.1 Å². The molecule has 0 fully saturated rings. The number of esters is 2. The molecule has 3 atom stereocenters. The standard InChI is InChI=1S/C24H40N2O8/c1-9-20(27)31-13-18(5)33-22(29)25-11-10-17(4)12-24(7,8)15-26-23(30)34-19(6)14-32-21(28)16(2)3/h9,17-19H,1-2,10-15H2,3-8H3,(H,25,29)(H,26,30). The van der Waals surface area contributed by atoms with Gasteiger partial charge in [-0.3, -0.25) is 0 Å². The van der Waals surface area contributed by atoms with Crippen molar-refractivity contribution in [1.29, 1.82) is 0 Å². The van der Waals surface area contributed by atoms with Gasteiger partial charge < -0.3 is 29.6 Å². The minimum absolute atomic E-state index is 0.0449. The van der Waals surface area contributed by atoms with E-state index in [0.29, 0.717) is 19.5 Å². The molecule has 0 spiro atoms. The van der Waals surface area contributed by atoms with E-state index in [0.717, 1.165) is 12.5 Å². The molecule has 2 amide bonds. The van der Waals surface area contributed by atoms with Gasteiger partial charge in [-0.25, -0.2) is 19.2 Å². The maximum Gasteiger partial charge on any atom is 0.407 e. The van der Waals surface area contributed by atoms with E-state index in [-0.39, 0.29) is 30.1 Å². The number of hydrogen-bond donors (Lipinski definition) is 2. The van der Waals surface area contributed by atoms with Crippen molar-refractivity contribution >= 4 is 24.1 Å². The normalized spacial score (nSPS) is 13.5. The second-order valence-electron chi connectivity index (χ2n) is 9.19. The molecule has 3 unspecified atom stereocenters. The molecule has 194 valence electrons. The summed E-state index contributed by atoms with van der Waals surface area (Å²) in [6, 6.07) is 0. The third-order valence-electron chi connectivity index (χ3n) is 4.56. The molecule has 10 nitrogen and oxygen atoms in total. The Morgan fingerprint density at radius 3 is 2.00 bits per heavy atom. The molecule has 0 heterocycles. The lowest BCUT2D eigenvalue weighted by molar-refractivity contribution is -0.141. The summed E-state index contributed by atoms with van der Waals surface area (Å²) in [5.74, 6) is -0.842. The zero-order chi connectivity index (χ0) is 26.3. The lowest BCUT2D eigenvalue weighted by atomic mass is 9.82. The molecule has 0 aromatic rings. The van der Waals surface area contributed by atoms with E-state index in [1.54, 1.807) is 13.8 Å². The fourth-order valence-corrected chi connectivity index (χ4v) is 2.94. The van der Waals surface area contributed by atoms with Gasteiger partial charge in [-0.05, 0) is 44.9 Å². The number of amides is 2. The molecule has 2 N–H and O–H groups in total. The fraction of sp³-hybridized carbons (Fsp3) is 0.667. The summed E-state index contributed by atoms with van der Waals surface area (Å²) >= 11 is 0. The van der Waals surface area contributed by atoms with Gasteiger partial charge in [0.1, 0.15) is 25.4 Å². The van der Waals surface area contributed by atoms with E-state index in [2.05, 4.69) is 30.7 Å². The molecular weight excluding hydrogens is 444 g/mol. The number of rotatable bonds is 15. The van der Waals surface area contributed by atoms with Crippen LogP contribution in [0.3, 0.4) is 0 Å². The van der Waals surface area contributed by atoms with Crippen LogP contribution in [0.2, 0.25) is 0 Å². The summed E-state index contributed by atoms with van der Waals surface area (Å²) in [6.07, 6.45) is 0.217. The molecule has 0 aromatic carbocycles. The molecular formula is C24H40N2O8. The minimum Gasteiger partial charge on any atom is -0.459 e. The van der Waals surface area contributed by atoms with Gasteiger partial charge in [-0.1, -0.05) is 33.9 Å². The Morgan fingerprint density at radius 2 is 1.47 bits per heavy atom. The Kier molecular flexibility index (Phi) is 14.3. The highest BCUT2D eigenvalue weighted by atomic mass is 16.6. The summed E-state index contributed by atoms with van der Waals surface area (Å²) in [6.45, 7) is 18.4. The van der Waals surface area contributed by atoms with Gasteiger partial charge in [0, 0.05) is 24.7 Å².